The molecule has 98 valence electrons. The van der Waals surface area contributed by atoms with Crippen molar-refractivity contribution in [2.75, 3.05) is 28.5 Å². The van der Waals surface area contributed by atoms with E-state index in [0.717, 1.165) is 0 Å². The van der Waals surface area contributed by atoms with Crippen LogP contribution in [0.4, 0.5) is 16.2 Å². The van der Waals surface area contributed by atoms with E-state index in [1.54, 1.807) is 31.2 Å². The lowest BCUT2D eigenvalue weighted by molar-refractivity contribution is 0.181. The zero-order valence-corrected chi connectivity index (χ0v) is 10.7. The first kappa shape index (κ1) is 12.7. The fraction of sp³-hybridized carbons (Fsp3) is 0.364. The Hall–Kier alpha value is -1.76. The van der Waals surface area contributed by atoms with Gasteiger partial charge in [-0.15, -0.1) is 0 Å². The number of cyclic esters (lactones) is 1. The van der Waals surface area contributed by atoms with Gasteiger partial charge in [0.2, 0.25) is 10.0 Å². The molecular formula is C11H14N2O4S. The summed E-state index contributed by atoms with van der Waals surface area (Å²) in [7, 11) is -3.27. The SMILES string of the molecule is CCS(=O)(=O)Nc1ccc(N2CCOC2=O)cc1. The normalized spacial score (nSPS) is 15.6. The molecule has 1 saturated heterocycles. The number of anilines is 2. The van der Waals surface area contributed by atoms with Gasteiger partial charge in [-0.1, -0.05) is 0 Å². The molecule has 0 saturated carbocycles. The molecule has 0 atom stereocenters. The second-order valence-corrected chi connectivity index (χ2v) is 5.83. The van der Waals surface area contributed by atoms with Crippen LogP contribution >= 0.6 is 0 Å². The number of carbonyl (C=O) groups excluding carboxylic acids is 1. The van der Waals surface area contributed by atoms with Gasteiger partial charge in [0.05, 0.1) is 12.3 Å². The molecule has 1 aliphatic rings. The van der Waals surface area contributed by atoms with Crippen LogP contribution < -0.4 is 9.62 Å². The Labute approximate surface area is 106 Å². The molecule has 1 fully saturated rings. The predicted octanol–water partition coefficient (Wildman–Crippen LogP) is 1.40. The Kier molecular flexibility index (Phi) is 3.42. The average Bonchev–Trinajstić information content (AvgIpc) is 2.76. The molecule has 1 aromatic rings. The number of rotatable bonds is 4. The van der Waals surface area contributed by atoms with Gasteiger partial charge in [-0.3, -0.25) is 9.62 Å². The summed E-state index contributed by atoms with van der Waals surface area (Å²) in [6, 6.07) is 6.60. The van der Waals surface area contributed by atoms with E-state index >= 15 is 0 Å². The van der Waals surface area contributed by atoms with E-state index < -0.39 is 10.0 Å². The van der Waals surface area contributed by atoms with Gasteiger partial charge in [-0.05, 0) is 31.2 Å². The Balaban J connectivity index is 2.13. The third kappa shape index (κ3) is 2.73. The number of hydrogen-bond donors (Lipinski definition) is 1. The molecule has 7 heteroatoms. The molecule has 18 heavy (non-hydrogen) atoms. The minimum atomic E-state index is -3.27. The first-order valence-electron chi connectivity index (χ1n) is 5.56. The number of ether oxygens (including phenoxy) is 1. The van der Waals surface area contributed by atoms with E-state index in [1.165, 1.54) is 4.90 Å². The number of sulfonamides is 1. The third-order valence-corrected chi connectivity index (χ3v) is 3.90. The van der Waals surface area contributed by atoms with Crippen LogP contribution in [0.3, 0.4) is 0 Å². The molecule has 0 aromatic heterocycles. The highest BCUT2D eigenvalue weighted by Crippen LogP contribution is 2.21. The van der Waals surface area contributed by atoms with Crippen molar-refractivity contribution in [2.45, 2.75) is 6.92 Å². The van der Waals surface area contributed by atoms with E-state index in [0.29, 0.717) is 24.5 Å². The molecule has 1 amide bonds. The van der Waals surface area contributed by atoms with Crippen LogP contribution in [-0.2, 0) is 14.8 Å². The molecule has 2 rings (SSSR count). The van der Waals surface area contributed by atoms with E-state index in [-0.39, 0.29) is 11.8 Å². The summed E-state index contributed by atoms with van der Waals surface area (Å²) < 4.78 is 30.0. The van der Waals surface area contributed by atoms with Gasteiger partial charge in [-0.25, -0.2) is 13.2 Å². The quantitative estimate of drug-likeness (QED) is 0.897. The fourth-order valence-corrected chi connectivity index (χ4v) is 2.23. The van der Waals surface area contributed by atoms with Gasteiger partial charge < -0.3 is 4.74 Å². The van der Waals surface area contributed by atoms with E-state index in [2.05, 4.69) is 4.72 Å². The summed E-state index contributed by atoms with van der Waals surface area (Å²) in [6.07, 6.45) is -0.378. The van der Waals surface area contributed by atoms with Gasteiger partial charge >= 0.3 is 6.09 Å². The topological polar surface area (TPSA) is 75.7 Å². The molecule has 0 unspecified atom stereocenters. The van der Waals surface area contributed by atoms with Crippen LogP contribution in [0.1, 0.15) is 6.92 Å². The molecule has 0 radical (unpaired) electrons. The summed E-state index contributed by atoms with van der Waals surface area (Å²) in [5.41, 5.74) is 1.17. The third-order valence-electron chi connectivity index (χ3n) is 2.59. The van der Waals surface area contributed by atoms with Crippen molar-refractivity contribution in [1.82, 2.24) is 0 Å². The van der Waals surface area contributed by atoms with E-state index in [1.807, 2.05) is 0 Å². The van der Waals surface area contributed by atoms with Crippen LogP contribution in [0.25, 0.3) is 0 Å². The van der Waals surface area contributed by atoms with Crippen molar-refractivity contribution in [1.29, 1.82) is 0 Å². The van der Waals surface area contributed by atoms with Crippen LogP contribution in [0, 0.1) is 0 Å². The second-order valence-electron chi connectivity index (χ2n) is 3.82. The molecule has 0 aliphatic carbocycles. The molecular weight excluding hydrogens is 256 g/mol. The van der Waals surface area contributed by atoms with Gasteiger partial charge in [0.15, 0.2) is 0 Å². The zero-order chi connectivity index (χ0) is 13.2. The van der Waals surface area contributed by atoms with Crippen molar-refractivity contribution in [3.63, 3.8) is 0 Å². The van der Waals surface area contributed by atoms with Crippen LogP contribution in [0.15, 0.2) is 24.3 Å². The minimum Gasteiger partial charge on any atom is -0.447 e. The van der Waals surface area contributed by atoms with E-state index in [4.69, 9.17) is 4.74 Å². The Morgan fingerprint density at radius 3 is 2.50 bits per heavy atom. The number of benzene rings is 1. The van der Waals surface area contributed by atoms with Crippen LogP contribution in [0.5, 0.6) is 0 Å². The van der Waals surface area contributed by atoms with Crippen LogP contribution in [0.2, 0.25) is 0 Å². The Morgan fingerprint density at radius 2 is 2.00 bits per heavy atom. The summed E-state index contributed by atoms with van der Waals surface area (Å²) in [4.78, 5) is 12.8. The van der Waals surface area contributed by atoms with Gasteiger partial charge in [0.1, 0.15) is 6.61 Å². The molecule has 1 N–H and O–H groups in total. The minimum absolute atomic E-state index is 0.0210. The maximum Gasteiger partial charge on any atom is 0.414 e. The van der Waals surface area contributed by atoms with Crippen molar-refractivity contribution in [2.24, 2.45) is 0 Å². The summed E-state index contributed by atoms with van der Waals surface area (Å²) in [5.74, 6) is 0.0210. The molecule has 0 spiro atoms. The fourth-order valence-electron chi connectivity index (χ4n) is 1.59. The zero-order valence-electron chi connectivity index (χ0n) is 9.92. The maximum atomic E-state index is 11.4. The Bertz CT molecular complexity index is 539. The number of hydrogen-bond acceptors (Lipinski definition) is 4. The Morgan fingerprint density at radius 1 is 1.33 bits per heavy atom. The van der Waals surface area contributed by atoms with E-state index in [9.17, 15) is 13.2 Å². The number of carbonyl (C=O) groups is 1. The molecule has 0 bridgehead atoms. The highest BCUT2D eigenvalue weighted by atomic mass is 32.2. The van der Waals surface area contributed by atoms with Gasteiger partial charge in [0, 0.05) is 11.4 Å². The van der Waals surface area contributed by atoms with Crippen molar-refractivity contribution < 1.29 is 17.9 Å². The number of nitrogens with one attached hydrogen (secondary N) is 1. The summed E-state index contributed by atoms with van der Waals surface area (Å²) in [5, 5.41) is 0. The lowest BCUT2D eigenvalue weighted by atomic mass is 10.2. The predicted molar refractivity (Wildman–Crippen MR) is 68.2 cm³/mol. The van der Waals surface area contributed by atoms with Crippen molar-refractivity contribution in [3.05, 3.63) is 24.3 Å². The monoisotopic (exact) mass is 270 g/mol. The lowest BCUT2D eigenvalue weighted by Crippen LogP contribution is -2.23. The lowest BCUT2D eigenvalue weighted by Gasteiger charge is -2.13. The van der Waals surface area contributed by atoms with Crippen molar-refractivity contribution >= 4 is 27.5 Å². The smallest absolute Gasteiger partial charge is 0.414 e. The summed E-state index contributed by atoms with van der Waals surface area (Å²) in [6.45, 7) is 2.46. The molecule has 1 aliphatic heterocycles. The standard InChI is InChI=1S/C11H14N2O4S/c1-2-18(15,16)12-9-3-5-10(6-4-9)13-7-8-17-11(13)14/h3-6,12H,2,7-8H2,1H3. The molecule has 1 heterocycles. The first-order chi connectivity index (χ1) is 8.52. The largest absolute Gasteiger partial charge is 0.447 e. The highest BCUT2D eigenvalue weighted by molar-refractivity contribution is 7.92. The van der Waals surface area contributed by atoms with Gasteiger partial charge in [-0.2, -0.15) is 0 Å². The highest BCUT2D eigenvalue weighted by Gasteiger charge is 2.23. The van der Waals surface area contributed by atoms with Gasteiger partial charge in [0.25, 0.3) is 0 Å². The number of nitrogens with zero attached hydrogens (tertiary/aromatic N) is 1. The molecule has 6 nitrogen and oxygen atoms in total. The molecule has 1 aromatic carbocycles. The van der Waals surface area contributed by atoms with Crippen molar-refractivity contribution in [3.8, 4) is 0 Å². The first-order valence-corrected chi connectivity index (χ1v) is 7.22. The summed E-state index contributed by atoms with van der Waals surface area (Å²) >= 11 is 0. The second kappa shape index (κ2) is 4.85. The average molecular weight is 270 g/mol. The number of amides is 1. The maximum absolute atomic E-state index is 11.4. The van der Waals surface area contributed by atoms with Crippen LogP contribution in [-0.4, -0.2) is 33.4 Å².